The predicted octanol–water partition coefficient (Wildman–Crippen LogP) is 1.00. The molecule has 0 aliphatic heterocycles. The summed E-state index contributed by atoms with van der Waals surface area (Å²) in [6.07, 6.45) is 1.57. The van der Waals surface area contributed by atoms with Gasteiger partial charge in [0.1, 0.15) is 12.4 Å². The van der Waals surface area contributed by atoms with Crippen LogP contribution in [0.5, 0.6) is 5.75 Å². The number of hydrazone groups is 1. The molecule has 1 rings (SSSR count). The van der Waals surface area contributed by atoms with Crippen LogP contribution in [0.25, 0.3) is 0 Å². The fourth-order valence-corrected chi connectivity index (χ4v) is 1.01. The Morgan fingerprint density at radius 1 is 1.43 bits per heavy atom. The van der Waals surface area contributed by atoms with Gasteiger partial charge in [0, 0.05) is 7.11 Å². The van der Waals surface area contributed by atoms with Crippen molar-refractivity contribution in [2.24, 2.45) is 10.9 Å². The van der Waals surface area contributed by atoms with Crippen molar-refractivity contribution >= 4 is 6.21 Å². The fraction of sp³-hybridized carbons (Fsp3) is 0.300. The van der Waals surface area contributed by atoms with Crippen LogP contribution in [0, 0.1) is 0 Å². The van der Waals surface area contributed by atoms with Crippen LogP contribution >= 0.6 is 0 Å². The highest BCUT2D eigenvalue weighted by Gasteiger charge is 1.94. The number of methoxy groups -OCH3 is 1. The lowest BCUT2D eigenvalue weighted by Gasteiger charge is -2.05. The van der Waals surface area contributed by atoms with Gasteiger partial charge in [-0.1, -0.05) is 12.1 Å². The van der Waals surface area contributed by atoms with E-state index < -0.39 is 0 Å². The van der Waals surface area contributed by atoms with E-state index in [2.05, 4.69) is 5.10 Å². The number of hydrogen-bond acceptors (Lipinski definition) is 4. The first-order valence-corrected chi connectivity index (χ1v) is 4.32. The maximum Gasteiger partial charge on any atom is 0.120 e. The Morgan fingerprint density at radius 2 is 2.29 bits per heavy atom. The second-order valence-corrected chi connectivity index (χ2v) is 2.69. The molecule has 0 heterocycles. The van der Waals surface area contributed by atoms with Gasteiger partial charge in [0.25, 0.3) is 0 Å². The summed E-state index contributed by atoms with van der Waals surface area (Å²) in [6.45, 7) is 1.12. The van der Waals surface area contributed by atoms with Crippen molar-refractivity contribution in [3.8, 4) is 5.75 Å². The van der Waals surface area contributed by atoms with Gasteiger partial charge in [0.2, 0.25) is 0 Å². The molecule has 0 aromatic heterocycles. The zero-order valence-electron chi connectivity index (χ0n) is 8.14. The second kappa shape index (κ2) is 5.99. The molecule has 0 atom stereocenters. The Morgan fingerprint density at radius 3 is 3.00 bits per heavy atom. The Kier molecular flexibility index (Phi) is 4.50. The number of nitrogens with two attached hydrogens (primary N) is 1. The molecule has 0 aliphatic carbocycles. The first-order chi connectivity index (χ1) is 6.86. The van der Waals surface area contributed by atoms with Gasteiger partial charge in [-0.15, -0.1) is 0 Å². The van der Waals surface area contributed by atoms with Crippen LogP contribution in [0.15, 0.2) is 29.4 Å². The van der Waals surface area contributed by atoms with E-state index in [1.54, 1.807) is 13.3 Å². The Labute approximate surface area is 83.3 Å². The molecular formula is C10H14N2O2. The Hall–Kier alpha value is -1.55. The molecule has 4 heteroatoms. The number of ether oxygens (including phenoxy) is 2. The van der Waals surface area contributed by atoms with Gasteiger partial charge in [-0.3, -0.25) is 0 Å². The van der Waals surface area contributed by atoms with Crippen molar-refractivity contribution in [2.75, 3.05) is 20.3 Å². The van der Waals surface area contributed by atoms with Gasteiger partial charge >= 0.3 is 0 Å². The molecule has 0 saturated heterocycles. The number of hydrogen-bond donors (Lipinski definition) is 1. The van der Waals surface area contributed by atoms with Crippen LogP contribution in [-0.4, -0.2) is 26.5 Å². The summed E-state index contributed by atoms with van der Waals surface area (Å²) >= 11 is 0. The topological polar surface area (TPSA) is 56.8 Å². The number of rotatable bonds is 5. The predicted molar refractivity (Wildman–Crippen MR) is 55.6 cm³/mol. The van der Waals surface area contributed by atoms with E-state index in [1.807, 2.05) is 24.3 Å². The summed E-state index contributed by atoms with van der Waals surface area (Å²) in [5.41, 5.74) is 0.919. The zero-order chi connectivity index (χ0) is 10.2. The van der Waals surface area contributed by atoms with Crippen LogP contribution in [-0.2, 0) is 4.74 Å². The smallest absolute Gasteiger partial charge is 0.120 e. The summed E-state index contributed by atoms with van der Waals surface area (Å²) in [5.74, 6) is 5.83. The minimum absolute atomic E-state index is 0.541. The third kappa shape index (κ3) is 3.45. The molecule has 0 aliphatic rings. The normalized spacial score (nSPS) is 10.6. The van der Waals surface area contributed by atoms with Gasteiger partial charge in [0.15, 0.2) is 0 Å². The van der Waals surface area contributed by atoms with Crippen molar-refractivity contribution in [1.29, 1.82) is 0 Å². The highest BCUT2D eigenvalue weighted by Crippen LogP contribution is 2.11. The largest absolute Gasteiger partial charge is 0.491 e. The minimum atomic E-state index is 0.541. The number of nitrogens with zero attached hydrogens (tertiary/aromatic N) is 1. The average molecular weight is 194 g/mol. The fourth-order valence-electron chi connectivity index (χ4n) is 1.01. The monoisotopic (exact) mass is 194 g/mol. The SMILES string of the molecule is COCCOc1cccc(C=NN)c1. The zero-order valence-corrected chi connectivity index (χ0v) is 8.14. The lowest BCUT2D eigenvalue weighted by molar-refractivity contribution is 0.146. The summed E-state index contributed by atoms with van der Waals surface area (Å²) in [5, 5.41) is 3.44. The molecule has 1 aromatic carbocycles. The second-order valence-electron chi connectivity index (χ2n) is 2.69. The van der Waals surface area contributed by atoms with Crippen LogP contribution in [0.1, 0.15) is 5.56 Å². The Bertz CT molecular complexity index is 300. The maximum atomic E-state index is 5.41. The van der Waals surface area contributed by atoms with Crippen molar-refractivity contribution in [2.45, 2.75) is 0 Å². The molecule has 0 bridgehead atoms. The summed E-state index contributed by atoms with van der Waals surface area (Å²) < 4.78 is 10.3. The van der Waals surface area contributed by atoms with Crippen molar-refractivity contribution in [3.05, 3.63) is 29.8 Å². The first kappa shape index (κ1) is 10.5. The lowest BCUT2D eigenvalue weighted by Crippen LogP contribution is -2.04. The van der Waals surface area contributed by atoms with Crippen LogP contribution < -0.4 is 10.6 Å². The van der Waals surface area contributed by atoms with Crippen molar-refractivity contribution in [3.63, 3.8) is 0 Å². The third-order valence-electron chi connectivity index (χ3n) is 1.64. The molecule has 0 saturated carbocycles. The van der Waals surface area contributed by atoms with Crippen LogP contribution in [0.2, 0.25) is 0 Å². The number of benzene rings is 1. The molecule has 76 valence electrons. The quantitative estimate of drug-likeness (QED) is 0.329. The average Bonchev–Trinajstić information content (AvgIpc) is 2.19. The van der Waals surface area contributed by atoms with Gasteiger partial charge in [-0.25, -0.2) is 0 Å². The first-order valence-electron chi connectivity index (χ1n) is 4.32. The standard InChI is InChI=1S/C10H14N2O2/c1-13-5-6-14-10-4-2-3-9(7-10)8-12-11/h2-4,7-8H,5-6,11H2,1H3. The maximum absolute atomic E-state index is 5.41. The van der Waals surface area contributed by atoms with Gasteiger partial charge in [-0.05, 0) is 17.7 Å². The van der Waals surface area contributed by atoms with E-state index in [0.29, 0.717) is 13.2 Å². The molecule has 14 heavy (non-hydrogen) atoms. The Balaban J connectivity index is 2.54. The highest BCUT2D eigenvalue weighted by atomic mass is 16.5. The molecule has 0 unspecified atom stereocenters. The molecule has 1 aromatic rings. The molecule has 0 fully saturated rings. The van der Waals surface area contributed by atoms with Gasteiger partial charge in [-0.2, -0.15) is 5.10 Å². The van der Waals surface area contributed by atoms with E-state index >= 15 is 0 Å². The van der Waals surface area contributed by atoms with Gasteiger partial charge < -0.3 is 15.3 Å². The van der Waals surface area contributed by atoms with Crippen LogP contribution in [0.4, 0.5) is 0 Å². The van der Waals surface area contributed by atoms with Crippen LogP contribution in [0.3, 0.4) is 0 Å². The third-order valence-corrected chi connectivity index (χ3v) is 1.64. The summed E-state index contributed by atoms with van der Waals surface area (Å²) in [7, 11) is 1.64. The van der Waals surface area contributed by atoms with E-state index in [-0.39, 0.29) is 0 Å². The molecule has 0 amide bonds. The van der Waals surface area contributed by atoms with Crippen molar-refractivity contribution < 1.29 is 9.47 Å². The molecule has 2 N–H and O–H groups in total. The molecule has 0 spiro atoms. The van der Waals surface area contributed by atoms with E-state index in [4.69, 9.17) is 15.3 Å². The van der Waals surface area contributed by atoms with Crippen molar-refractivity contribution in [1.82, 2.24) is 0 Å². The minimum Gasteiger partial charge on any atom is -0.491 e. The molecule has 0 radical (unpaired) electrons. The molecule has 4 nitrogen and oxygen atoms in total. The molecular weight excluding hydrogens is 180 g/mol. The van der Waals surface area contributed by atoms with Gasteiger partial charge in [0.05, 0.1) is 12.8 Å². The van der Waals surface area contributed by atoms with E-state index in [9.17, 15) is 0 Å². The van der Waals surface area contributed by atoms with E-state index in [0.717, 1.165) is 11.3 Å². The highest BCUT2D eigenvalue weighted by molar-refractivity contribution is 5.79. The van der Waals surface area contributed by atoms with E-state index in [1.165, 1.54) is 0 Å². The summed E-state index contributed by atoms with van der Waals surface area (Å²) in [6, 6.07) is 7.54. The summed E-state index contributed by atoms with van der Waals surface area (Å²) in [4.78, 5) is 0. The lowest BCUT2D eigenvalue weighted by atomic mass is 10.2.